The normalized spacial score (nSPS) is 14.2. The molecule has 42 heavy (non-hydrogen) atoms. The lowest BCUT2D eigenvalue weighted by Gasteiger charge is -2.35. The SMILES string of the molecule is C=CC(=O)Nc1cc(Nc2ncc(Cl)c(Nc3cccnc3S(=O)(=O)C(C)C)n2)c(C(C)C)nc1N1CCN(C)CC1. The molecule has 0 aliphatic carbocycles. The molecule has 0 bridgehead atoms. The van der Waals surface area contributed by atoms with Crippen LogP contribution in [0.1, 0.15) is 39.3 Å². The number of rotatable bonds is 10. The molecule has 1 amide bonds. The molecule has 0 saturated carbocycles. The average molecular weight is 614 g/mol. The number of carbonyl (C=O) groups is 1. The van der Waals surface area contributed by atoms with Crippen LogP contribution < -0.4 is 20.9 Å². The Morgan fingerprint density at radius 3 is 2.40 bits per heavy atom. The fraction of sp³-hybridized carbons (Fsp3) is 0.393. The Bertz CT molecular complexity index is 1570. The molecule has 4 rings (SSSR count). The largest absolute Gasteiger partial charge is 0.352 e. The molecule has 1 fully saturated rings. The quantitative estimate of drug-likeness (QED) is 0.276. The predicted molar refractivity (Wildman–Crippen MR) is 167 cm³/mol. The van der Waals surface area contributed by atoms with Crippen molar-refractivity contribution in [1.82, 2.24) is 24.8 Å². The van der Waals surface area contributed by atoms with Crippen LogP contribution in [-0.4, -0.2) is 77.6 Å². The van der Waals surface area contributed by atoms with Gasteiger partial charge in [-0.1, -0.05) is 32.0 Å². The topological polar surface area (TPSA) is 145 Å². The summed E-state index contributed by atoms with van der Waals surface area (Å²) in [6.45, 7) is 14.1. The number of pyridine rings is 2. The molecule has 1 aliphatic heterocycles. The molecule has 0 atom stereocenters. The Hall–Kier alpha value is -3.81. The van der Waals surface area contributed by atoms with E-state index in [1.165, 1.54) is 18.5 Å². The molecule has 14 heteroatoms. The van der Waals surface area contributed by atoms with Gasteiger partial charge in [0.1, 0.15) is 5.02 Å². The first-order chi connectivity index (χ1) is 19.9. The van der Waals surface area contributed by atoms with Gasteiger partial charge >= 0.3 is 0 Å². The van der Waals surface area contributed by atoms with Gasteiger partial charge in [-0.05, 0) is 51.1 Å². The second-order valence-corrected chi connectivity index (χ2v) is 13.3. The van der Waals surface area contributed by atoms with E-state index in [-0.39, 0.29) is 39.3 Å². The molecule has 0 spiro atoms. The van der Waals surface area contributed by atoms with E-state index < -0.39 is 15.1 Å². The third-order valence-corrected chi connectivity index (χ3v) is 9.11. The maximum absolute atomic E-state index is 12.9. The number of carbonyl (C=O) groups excluding carboxylic acids is 1. The molecule has 4 heterocycles. The van der Waals surface area contributed by atoms with Crippen molar-refractivity contribution in [2.75, 3.05) is 54.1 Å². The van der Waals surface area contributed by atoms with Gasteiger partial charge in [-0.3, -0.25) is 4.79 Å². The summed E-state index contributed by atoms with van der Waals surface area (Å²) in [5.41, 5.74) is 2.13. The van der Waals surface area contributed by atoms with Crippen LogP contribution in [0.5, 0.6) is 0 Å². The number of aromatic nitrogens is 4. The van der Waals surface area contributed by atoms with Crippen LogP contribution in [0.2, 0.25) is 5.02 Å². The number of nitrogens with one attached hydrogen (secondary N) is 3. The molecule has 3 N–H and O–H groups in total. The van der Waals surface area contributed by atoms with E-state index in [1.807, 2.05) is 19.9 Å². The number of nitrogens with zero attached hydrogens (tertiary/aromatic N) is 6. The standard InChI is InChI=1S/C28H36ClN9O3S/c1-7-23(39)32-22-15-21(24(17(2)3)35-26(22)38-13-11-37(6)12-14-38)34-28-31-16-19(29)25(36-28)33-20-9-8-10-30-27(20)42(40,41)18(4)5/h7-10,15-18H,1,11-14H2,2-6H3,(H,32,39)(H2,31,33,34,36). The molecule has 0 unspecified atom stereocenters. The monoisotopic (exact) mass is 613 g/mol. The lowest BCUT2D eigenvalue weighted by Crippen LogP contribution is -2.45. The number of hydrogen-bond acceptors (Lipinski definition) is 11. The molecular formula is C28H36ClN9O3S. The molecule has 0 aromatic carbocycles. The highest BCUT2D eigenvalue weighted by atomic mass is 35.5. The van der Waals surface area contributed by atoms with E-state index in [0.717, 1.165) is 31.9 Å². The number of hydrogen-bond donors (Lipinski definition) is 3. The third-order valence-electron chi connectivity index (χ3n) is 6.73. The van der Waals surface area contributed by atoms with Crippen molar-refractivity contribution in [3.05, 3.63) is 54.0 Å². The first kappa shape index (κ1) is 31.1. The Morgan fingerprint density at radius 1 is 1.05 bits per heavy atom. The van der Waals surface area contributed by atoms with Crippen molar-refractivity contribution in [1.29, 1.82) is 0 Å². The van der Waals surface area contributed by atoms with E-state index in [1.54, 1.807) is 26.0 Å². The average Bonchev–Trinajstić information content (AvgIpc) is 2.95. The lowest BCUT2D eigenvalue weighted by molar-refractivity contribution is -0.111. The summed E-state index contributed by atoms with van der Waals surface area (Å²) in [7, 11) is -1.61. The van der Waals surface area contributed by atoms with Crippen LogP contribution in [0.3, 0.4) is 0 Å². The van der Waals surface area contributed by atoms with Crippen LogP contribution in [-0.2, 0) is 14.6 Å². The smallest absolute Gasteiger partial charge is 0.247 e. The zero-order chi connectivity index (χ0) is 30.6. The van der Waals surface area contributed by atoms with Crippen LogP contribution in [0.4, 0.5) is 34.6 Å². The fourth-order valence-corrected chi connectivity index (χ4v) is 5.51. The summed E-state index contributed by atoms with van der Waals surface area (Å²) in [6, 6.07) is 5.04. The first-order valence-electron chi connectivity index (χ1n) is 13.6. The van der Waals surface area contributed by atoms with Gasteiger partial charge in [-0.15, -0.1) is 0 Å². The molecule has 3 aromatic rings. The number of amides is 1. The Kier molecular flexibility index (Phi) is 9.64. The summed E-state index contributed by atoms with van der Waals surface area (Å²) in [6.07, 6.45) is 4.04. The van der Waals surface area contributed by atoms with Gasteiger partial charge < -0.3 is 25.8 Å². The van der Waals surface area contributed by atoms with Gasteiger partial charge in [-0.2, -0.15) is 4.98 Å². The Morgan fingerprint density at radius 2 is 1.76 bits per heavy atom. The van der Waals surface area contributed by atoms with Crippen molar-refractivity contribution in [2.45, 2.75) is 43.9 Å². The molecular weight excluding hydrogens is 578 g/mol. The summed E-state index contributed by atoms with van der Waals surface area (Å²) >= 11 is 6.41. The fourth-order valence-electron chi connectivity index (χ4n) is 4.29. The van der Waals surface area contributed by atoms with Crippen molar-refractivity contribution in [3.63, 3.8) is 0 Å². The van der Waals surface area contributed by atoms with Gasteiger partial charge in [-0.25, -0.2) is 23.4 Å². The van der Waals surface area contributed by atoms with Gasteiger partial charge in [0.15, 0.2) is 26.5 Å². The van der Waals surface area contributed by atoms with Crippen LogP contribution in [0.25, 0.3) is 0 Å². The molecule has 0 radical (unpaired) electrons. The number of anilines is 6. The summed E-state index contributed by atoms with van der Waals surface area (Å²) in [4.78, 5) is 34.7. The number of halogens is 1. The van der Waals surface area contributed by atoms with Crippen molar-refractivity contribution in [3.8, 4) is 0 Å². The predicted octanol–water partition coefficient (Wildman–Crippen LogP) is 4.59. The van der Waals surface area contributed by atoms with E-state index in [0.29, 0.717) is 17.2 Å². The molecule has 1 saturated heterocycles. The minimum atomic E-state index is -3.68. The van der Waals surface area contributed by atoms with Gasteiger partial charge in [0.2, 0.25) is 11.9 Å². The van der Waals surface area contributed by atoms with Crippen molar-refractivity contribution >= 4 is 62.0 Å². The highest BCUT2D eigenvalue weighted by molar-refractivity contribution is 7.92. The third kappa shape index (κ3) is 6.97. The maximum Gasteiger partial charge on any atom is 0.247 e. The van der Waals surface area contributed by atoms with Crippen molar-refractivity contribution in [2.24, 2.45) is 0 Å². The highest BCUT2D eigenvalue weighted by Gasteiger charge is 2.26. The van der Waals surface area contributed by atoms with Crippen LogP contribution in [0.15, 0.2) is 48.3 Å². The maximum atomic E-state index is 12.9. The molecule has 3 aromatic heterocycles. The highest BCUT2D eigenvalue weighted by Crippen LogP contribution is 2.35. The lowest BCUT2D eigenvalue weighted by atomic mass is 10.1. The molecule has 12 nitrogen and oxygen atoms in total. The second-order valence-electron chi connectivity index (χ2n) is 10.5. The molecule has 224 valence electrons. The zero-order valence-electron chi connectivity index (χ0n) is 24.3. The number of sulfone groups is 1. The van der Waals surface area contributed by atoms with Crippen LogP contribution >= 0.6 is 11.6 Å². The van der Waals surface area contributed by atoms with E-state index in [4.69, 9.17) is 16.6 Å². The van der Waals surface area contributed by atoms with Crippen LogP contribution in [0, 0.1) is 0 Å². The minimum absolute atomic E-state index is 0.0203. The van der Waals surface area contributed by atoms with Gasteiger partial charge in [0.25, 0.3) is 0 Å². The van der Waals surface area contributed by atoms with E-state index >= 15 is 0 Å². The number of piperazine rings is 1. The Labute approximate surface area is 251 Å². The molecule has 1 aliphatic rings. The van der Waals surface area contributed by atoms with E-state index in [2.05, 4.69) is 54.3 Å². The van der Waals surface area contributed by atoms with E-state index in [9.17, 15) is 13.2 Å². The first-order valence-corrected chi connectivity index (χ1v) is 15.5. The number of likely N-dealkylation sites (N-methyl/N-ethyl adjacent to an activating group) is 1. The Balaban J connectivity index is 1.72. The zero-order valence-corrected chi connectivity index (χ0v) is 25.9. The summed E-state index contributed by atoms with van der Waals surface area (Å²) in [5, 5.41) is 8.53. The van der Waals surface area contributed by atoms with Crippen molar-refractivity contribution < 1.29 is 13.2 Å². The van der Waals surface area contributed by atoms with Gasteiger partial charge in [0, 0.05) is 32.4 Å². The van der Waals surface area contributed by atoms with Gasteiger partial charge in [0.05, 0.1) is 34.2 Å². The second kappa shape index (κ2) is 13.0. The summed E-state index contributed by atoms with van der Waals surface area (Å²) in [5.74, 6) is 0.731. The summed E-state index contributed by atoms with van der Waals surface area (Å²) < 4.78 is 25.8. The minimum Gasteiger partial charge on any atom is -0.352 e.